The van der Waals surface area contributed by atoms with Crippen molar-refractivity contribution in [1.29, 1.82) is 0 Å². The summed E-state index contributed by atoms with van der Waals surface area (Å²) in [4.78, 5) is 6.68. The Bertz CT molecular complexity index is 544. The number of rotatable bonds is 9. The molecule has 1 aromatic rings. The highest BCUT2D eigenvalue weighted by Gasteiger charge is 2.12. The van der Waals surface area contributed by atoms with Crippen molar-refractivity contribution in [1.82, 2.24) is 15.5 Å². The molecule has 0 saturated carbocycles. The first-order chi connectivity index (χ1) is 11.9. The van der Waals surface area contributed by atoms with Gasteiger partial charge in [-0.15, -0.1) is 24.0 Å². The molecule has 0 spiro atoms. The van der Waals surface area contributed by atoms with Crippen LogP contribution in [0, 0.1) is 5.82 Å². The van der Waals surface area contributed by atoms with Crippen LogP contribution in [0.25, 0.3) is 0 Å². The fraction of sp³-hybridized carbons (Fsp3) is 0.632. The molecule has 0 radical (unpaired) electrons. The van der Waals surface area contributed by atoms with Crippen molar-refractivity contribution in [3.05, 3.63) is 29.6 Å². The van der Waals surface area contributed by atoms with E-state index >= 15 is 0 Å². The standard InChI is InChI=1S/C19H33FN4O.HI/c1-14(2)24(15(3)4)11-7-10-22-19(21-5)23-13-16-8-9-18(25-6)17(20)12-16;/h8-9,12,14-15H,7,10-11,13H2,1-6H3,(H2,21,22,23);1H. The van der Waals surface area contributed by atoms with Crippen LogP contribution in [0.15, 0.2) is 23.2 Å². The minimum Gasteiger partial charge on any atom is -0.494 e. The SMILES string of the molecule is CN=C(NCCCN(C(C)C)C(C)C)NCc1ccc(OC)c(F)c1.I. The van der Waals surface area contributed by atoms with Crippen molar-refractivity contribution in [2.24, 2.45) is 4.99 Å². The molecule has 0 aliphatic carbocycles. The maximum Gasteiger partial charge on any atom is 0.191 e. The lowest BCUT2D eigenvalue weighted by atomic mass is 10.2. The lowest BCUT2D eigenvalue weighted by Crippen LogP contribution is -2.41. The van der Waals surface area contributed by atoms with E-state index in [9.17, 15) is 4.39 Å². The Labute approximate surface area is 174 Å². The summed E-state index contributed by atoms with van der Waals surface area (Å²) in [5.41, 5.74) is 0.840. The molecule has 0 aliphatic heterocycles. The number of nitrogens with zero attached hydrogens (tertiary/aromatic N) is 2. The third-order valence-corrected chi connectivity index (χ3v) is 4.11. The first kappa shape index (κ1) is 24.9. The van der Waals surface area contributed by atoms with E-state index in [1.54, 1.807) is 13.1 Å². The second kappa shape index (κ2) is 13.1. The monoisotopic (exact) mass is 480 g/mol. The normalized spacial score (nSPS) is 11.7. The van der Waals surface area contributed by atoms with E-state index in [-0.39, 0.29) is 35.5 Å². The van der Waals surface area contributed by atoms with Crippen LogP contribution in [0.3, 0.4) is 0 Å². The van der Waals surface area contributed by atoms with E-state index < -0.39 is 0 Å². The fourth-order valence-electron chi connectivity index (χ4n) is 2.81. The molecule has 5 nitrogen and oxygen atoms in total. The minimum absolute atomic E-state index is 0. The number of aliphatic imine (C=N–C) groups is 1. The fourth-order valence-corrected chi connectivity index (χ4v) is 2.81. The highest BCUT2D eigenvalue weighted by Crippen LogP contribution is 2.17. The van der Waals surface area contributed by atoms with Crippen LogP contribution in [0.4, 0.5) is 4.39 Å². The van der Waals surface area contributed by atoms with Crippen LogP contribution >= 0.6 is 24.0 Å². The number of hydrogen-bond donors (Lipinski definition) is 2. The van der Waals surface area contributed by atoms with Gasteiger partial charge in [-0.2, -0.15) is 0 Å². The van der Waals surface area contributed by atoms with Crippen molar-refractivity contribution < 1.29 is 9.13 Å². The number of benzene rings is 1. The molecule has 0 heterocycles. The van der Waals surface area contributed by atoms with Crippen LogP contribution < -0.4 is 15.4 Å². The van der Waals surface area contributed by atoms with Gasteiger partial charge in [0.2, 0.25) is 0 Å². The molecular weight excluding hydrogens is 446 g/mol. The molecule has 0 bridgehead atoms. The van der Waals surface area contributed by atoms with E-state index in [0.29, 0.717) is 18.6 Å². The van der Waals surface area contributed by atoms with Gasteiger partial charge in [-0.3, -0.25) is 9.89 Å². The first-order valence-electron chi connectivity index (χ1n) is 8.91. The highest BCUT2D eigenvalue weighted by molar-refractivity contribution is 14.0. The molecule has 1 aromatic carbocycles. The molecule has 1 rings (SSSR count). The van der Waals surface area contributed by atoms with Crippen molar-refractivity contribution in [2.45, 2.75) is 52.7 Å². The van der Waals surface area contributed by atoms with Gasteiger partial charge in [0, 0.05) is 38.8 Å². The lowest BCUT2D eigenvalue weighted by Gasteiger charge is -2.30. The molecule has 150 valence electrons. The van der Waals surface area contributed by atoms with Crippen LogP contribution in [0.2, 0.25) is 0 Å². The zero-order valence-electron chi connectivity index (χ0n) is 16.8. The average molecular weight is 480 g/mol. The summed E-state index contributed by atoms with van der Waals surface area (Å²) in [6, 6.07) is 6.03. The van der Waals surface area contributed by atoms with Crippen LogP contribution in [0.1, 0.15) is 39.7 Å². The van der Waals surface area contributed by atoms with Gasteiger partial charge in [-0.05, 0) is 51.8 Å². The molecule has 0 unspecified atom stereocenters. The molecule has 0 aliphatic rings. The topological polar surface area (TPSA) is 48.9 Å². The third kappa shape index (κ3) is 8.53. The molecule has 7 heteroatoms. The zero-order chi connectivity index (χ0) is 18.8. The maximum atomic E-state index is 13.7. The van der Waals surface area contributed by atoms with Crippen molar-refractivity contribution >= 4 is 29.9 Å². The Morgan fingerprint density at radius 3 is 2.35 bits per heavy atom. The number of ether oxygens (including phenoxy) is 1. The van der Waals surface area contributed by atoms with E-state index in [1.807, 2.05) is 6.07 Å². The second-order valence-electron chi connectivity index (χ2n) is 6.60. The predicted molar refractivity (Wildman–Crippen MR) is 118 cm³/mol. The lowest BCUT2D eigenvalue weighted by molar-refractivity contribution is 0.173. The Kier molecular flexibility index (Phi) is 12.6. The second-order valence-corrected chi connectivity index (χ2v) is 6.60. The van der Waals surface area contributed by atoms with E-state index in [1.165, 1.54) is 13.2 Å². The number of guanidine groups is 1. The molecule has 0 saturated heterocycles. The average Bonchev–Trinajstić information content (AvgIpc) is 2.56. The van der Waals surface area contributed by atoms with Crippen LogP contribution in [-0.4, -0.2) is 50.2 Å². The van der Waals surface area contributed by atoms with Gasteiger partial charge in [0.05, 0.1) is 7.11 Å². The first-order valence-corrected chi connectivity index (χ1v) is 8.91. The molecular formula is C19H34FIN4O. The minimum atomic E-state index is -0.354. The Hall–Kier alpha value is -1.09. The summed E-state index contributed by atoms with van der Waals surface area (Å²) in [6.07, 6.45) is 1.04. The largest absolute Gasteiger partial charge is 0.494 e. The molecule has 0 aromatic heterocycles. The third-order valence-electron chi connectivity index (χ3n) is 4.11. The van der Waals surface area contributed by atoms with Gasteiger partial charge in [0.25, 0.3) is 0 Å². The van der Waals surface area contributed by atoms with E-state index in [2.05, 4.69) is 48.2 Å². The van der Waals surface area contributed by atoms with Gasteiger partial charge < -0.3 is 15.4 Å². The maximum absolute atomic E-state index is 13.7. The summed E-state index contributed by atoms with van der Waals surface area (Å²) in [5.74, 6) is 0.621. The van der Waals surface area contributed by atoms with Gasteiger partial charge >= 0.3 is 0 Å². The number of halogens is 2. The number of hydrogen-bond acceptors (Lipinski definition) is 3. The van der Waals surface area contributed by atoms with Crippen molar-refractivity contribution in [2.75, 3.05) is 27.2 Å². The van der Waals surface area contributed by atoms with Gasteiger partial charge in [-0.1, -0.05) is 6.07 Å². The quantitative estimate of drug-likeness (QED) is 0.245. The summed E-state index contributed by atoms with van der Waals surface area (Å²) in [5, 5.41) is 6.51. The Balaban J connectivity index is 0.00000625. The van der Waals surface area contributed by atoms with Crippen LogP contribution in [-0.2, 0) is 6.54 Å². The Morgan fingerprint density at radius 1 is 1.19 bits per heavy atom. The highest BCUT2D eigenvalue weighted by atomic mass is 127. The molecule has 2 N–H and O–H groups in total. The molecule has 0 atom stereocenters. The predicted octanol–water partition coefficient (Wildman–Crippen LogP) is 3.63. The van der Waals surface area contributed by atoms with Gasteiger partial charge in [0.15, 0.2) is 17.5 Å². The van der Waals surface area contributed by atoms with Gasteiger partial charge in [0.1, 0.15) is 0 Å². The summed E-state index contributed by atoms with van der Waals surface area (Å²) in [6.45, 7) is 11.3. The van der Waals surface area contributed by atoms with E-state index in [0.717, 1.165) is 31.0 Å². The van der Waals surface area contributed by atoms with Gasteiger partial charge in [-0.25, -0.2) is 4.39 Å². The summed E-state index contributed by atoms with van der Waals surface area (Å²) < 4.78 is 18.6. The number of methoxy groups -OCH3 is 1. The zero-order valence-corrected chi connectivity index (χ0v) is 19.1. The molecule has 26 heavy (non-hydrogen) atoms. The molecule has 0 fully saturated rings. The molecule has 0 amide bonds. The van der Waals surface area contributed by atoms with Crippen molar-refractivity contribution in [3.8, 4) is 5.75 Å². The number of nitrogens with one attached hydrogen (secondary N) is 2. The van der Waals surface area contributed by atoms with E-state index in [4.69, 9.17) is 4.74 Å². The van der Waals surface area contributed by atoms with Crippen molar-refractivity contribution in [3.63, 3.8) is 0 Å². The summed E-state index contributed by atoms with van der Waals surface area (Å²) in [7, 11) is 3.19. The summed E-state index contributed by atoms with van der Waals surface area (Å²) >= 11 is 0. The van der Waals surface area contributed by atoms with Crippen LogP contribution in [0.5, 0.6) is 5.75 Å². The smallest absolute Gasteiger partial charge is 0.191 e. The Morgan fingerprint density at radius 2 is 1.85 bits per heavy atom.